The molecule has 0 radical (unpaired) electrons. The molecule has 0 aliphatic carbocycles. The van der Waals surface area contributed by atoms with Crippen LogP contribution in [0.4, 0.5) is 0 Å². The summed E-state index contributed by atoms with van der Waals surface area (Å²) in [7, 11) is 1.66. The first-order chi connectivity index (χ1) is 14.4. The second kappa shape index (κ2) is 11.3. The molecular weight excluding hydrogens is 454 g/mol. The Morgan fingerprint density at radius 2 is 1.61 bits per heavy atom. The van der Waals surface area contributed by atoms with Crippen LogP contribution in [0, 0.1) is 0 Å². The lowest BCUT2D eigenvalue weighted by Crippen LogP contribution is -2.40. The Balaban J connectivity index is 0.00000341. The number of fused-ring (bicyclic) bond motifs is 1. The van der Waals surface area contributed by atoms with Gasteiger partial charge in [0.05, 0.1) is 25.2 Å². The van der Waals surface area contributed by atoms with E-state index in [0.29, 0.717) is 24.0 Å². The third-order valence-corrected chi connectivity index (χ3v) is 5.36. The number of halogens is 1. The van der Waals surface area contributed by atoms with E-state index in [1.54, 1.807) is 18.0 Å². The molecule has 0 aliphatic heterocycles. The number of aromatic nitrogens is 2. The number of nitrogens with zero attached hydrogens (tertiary/aromatic N) is 3. The fraction of sp³-hybridized carbons (Fsp3) is 0.360. The Bertz CT molecular complexity index is 1060. The first kappa shape index (κ1) is 24.8. The Morgan fingerprint density at radius 1 is 1.00 bits per heavy atom. The molecule has 0 amide bonds. The van der Waals surface area contributed by atoms with Crippen LogP contribution in [0.3, 0.4) is 0 Å². The molecule has 31 heavy (non-hydrogen) atoms. The molecule has 0 unspecified atom stereocenters. The summed E-state index contributed by atoms with van der Waals surface area (Å²) in [4.78, 5) is 15.3. The van der Waals surface area contributed by atoms with Crippen molar-refractivity contribution in [3.8, 4) is 5.75 Å². The van der Waals surface area contributed by atoms with Crippen LogP contribution >= 0.6 is 17.0 Å². The zero-order valence-electron chi connectivity index (χ0n) is 18.9. The molecule has 0 spiro atoms. The van der Waals surface area contributed by atoms with Gasteiger partial charge in [0.1, 0.15) is 5.75 Å². The van der Waals surface area contributed by atoms with Gasteiger partial charge in [0.2, 0.25) is 0 Å². The zero-order chi connectivity index (χ0) is 21.7. The SMILES string of the molecule is Br.COc1ccc(/C=C/c2ccc3c(=O)n(CCN(C(C)C)C(C)C)ncc3c2)cc1. The summed E-state index contributed by atoms with van der Waals surface area (Å²) in [6.07, 6.45) is 5.87. The maximum Gasteiger partial charge on any atom is 0.274 e. The van der Waals surface area contributed by atoms with Crippen LogP contribution in [0.15, 0.2) is 53.5 Å². The third kappa shape index (κ3) is 6.28. The summed E-state index contributed by atoms with van der Waals surface area (Å²) in [6.45, 7) is 10.1. The molecule has 0 fully saturated rings. The van der Waals surface area contributed by atoms with E-state index in [1.165, 1.54) is 0 Å². The van der Waals surface area contributed by atoms with Gasteiger partial charge in [0.15, 0.2) is 0 Å². The van der Waals surface area contributed by atoms with Gasteiger partial charge in [-0.25, -0.2) is 4.68 Å². The second-order valence-electron chi connectivity index (χ2n) is 8.05. The third-order valence-electron chi connectivity index (χ3n) is 5.36. The lowest BCUT2D eigenvalue weighted by atomic mass is 10.1. The highest BCUT2D eigenvalue weighted by molar-refractivity contribution is 8.93. The summed E-state index contributed by atoms with van der Waals surface area (Å²) in [5, 5.41) is 5.98. The summed E-state index contributed by atoms with van der Waals surface area (Å²) < 4.78 is 6.77. The minimum Gasteiger partial charge on any atom is -0.497 e. The first-order valence-corrected chi connectivity index (χ1v) is 10.5. The standard InChI is InChI=1S/C25H31N3O2.BrH/c1-18(2)27(19(3)4)14-15-28-25(29)24-13-10-21(16-22(24)17-26-28)7-6-20-8-11-23(30-5)12-9-20;/h6-13,16-19H,14-15H2,1-5H3;1H/b7-6+;. The molecule has 0 saturated heterocycles. The van der Waals surface area contributed by atoms with Crippen LogP contribution in [-0.2, 0) is 6.54 Å². The molecule has 3 aromatic rings. The molecule has 2 aromatic carbocycles. The van der Waals surface area contributed by atoms with Crippen LogP contribution in [-0.4, -0.2) is 40.4 Å². The Labute approximate surface area is 195 Å². The number of methoxy groups -OCH3 is 1. The lowest BCUT2D eigenvalue weighted by Gasteiger charge is -2.30. The normalized spacial score (nSPS) is 11.6. The monoisotopic (exact) mass is 485 g/mol. The Morgan fingerprint density at radius 3 is 2.23 bits per heavy atom. The van der Waals surface area contributed by atoms with Gasteiger partial charge >= 0.3 is 0 Å². The van der Waals surface area contributed by atoms with Gasteiger partial charge in [-0.05, 0) is 63.1 Å². The largest absolute Gasteiger partial charge is 0.497 e. The van der Waals surface area contributed by atoms with Crippen molar-refractivity contribution in [3.05, 3.63) is 70.1 Å². The van der Waals surface area contributed by atoms with Crippen LogP contribution in [0.2, 0.25) is 0 Å². The highest BCUT2D eigenvalue weighted by atomic mass is 79.9. The molecule has 1 aromatic heterocycles. The minimum absolute atomic E-state index is 0. The second-order valence-corrected chi connectivity index (χ2v) is 8.05. The van der Waals surface area contributed by atoms with E-state index in [0.717, 1.165) is 28.8 Å². The highest BCUT2D eigenvalue weighted by Crippen LogP contribution is 2.16. The van der Waals surface area contributed by atoms with Crippen molar-refractivity contribution in [1.82, 2.24) is 14.7 Å². The number of hydrogen-bond acceptors (Lipinski definition) is 4. The molecule has 0 bridgehead atoms. The molecule has 166 valence electrons. The maximum atomic E-state index is 12.9. The molecular formula is C25H32BrN3O2. The summed E-state index contributed by atoms with van der Waals surface area (Å²) in [5.74, 6) is 0.838. The predicted octanol–water partition coefficient (Wildman–Crippen LogP) is 5.27. The lowest BCUT2D eigenvalue weighted by molar-refractivity contribution is 0.165. The van der Waals surface area contributed by atoms with Gasteiger partial charge < -0.3 is 4.74 Å². The quantitative estimate of drug-likeness (QED) is 0.407. The van der Waals surface area contributed by atoms with E-state index in [4.69, 9.17) is 4.74 Å². The molecule has 1 heterocycles. The average molecular weight is 486 g/mol. The van der Waals surface area contributed by atoms with Gasteiger partial charge in [0.25, 0.3) is 5.56 Å². The summed E-state index contributed by atoms with van der Waals surface area (Å²) in [6, 6.07) is 14.6. The number of rotatable bonds is 8. The van der Waals surface area contributed by atoms with Crippen molar-refractivity contribution in [2.45, 2.75) is 46.3 Å². The molecule has 0 saturated carbocycles. The van der Waals surface area contributed by atoms with E-state index < -0.39 is 0 Å². The maximum absolute atomic E-state index is 12.9. The molecule has 0 N–H and O–H groups in total. The van der Waals surface area contributed by atoms with Crippen LogP contribution < -0.4 is 10.3 Å². The van der Waals surface area contributed by atoms with Crippen LogP contribution in [0.5, 0.6) is 5.75 Å². The van der Waals surface area contributed by atoms with Crippen molar-refractivity contribution in [1.29, 1.82) is 0 Å². The molecule has 0 aliphatic rings. The molecule has 3 rings (SSSR count). The van der Waals surface area contributed by atoms with Crippen molar-refractivity contribution < 1.29 is 4.74 Å². The van der Waals surface area contributed by atoms with Gasteiger partial charge in [-0.1, -0.05) is 30.4 Å². The molecule has 0 atom stereocenters. The fourth-order valence-electron chi connectivity index (χ4n) is 3.70. The summed E-state index contributed by atoms with van der Waals surface area (Å²) >= 11 is 0. The van der Waals surface area contributed by atoms with Crippen LogP contribution in [0.25, 0.3) is 22.9 Å². The van der Waals surface area contributed by atoms with E-state index in [2.05, 4.69) is 37.7 Å². The van der Waals surface area contributed by atoms with Crippen molar-refractivity contribution in [3.63, 3.8) is 0 Å². The minimum atomic E-state index is -0.0364. The van der Waals surface area contributed by atoms with Crippen molar-refractivity contribution >= 4 is 39.9 Å². The average Bonchev–Trinajstić information content (AvgIpc) is 2.73. The fourth-order valence-corrected chi connectivity index (χ4v) is 3.70. The van der Waals surface area contributed by atoms with E-state index in [-0.39, 0.29) is 22.5 Å². The highest BCUT2D eigenvalue weighted by Gasteiger charge is 2.14. The smallest absolute Gasteiger partial charge is 0.274 e. The predicted molar refractivity (Wildman–Crippen MR) is 135 cm³/mol. The number of hydrogen-bond donors (Lipinski definition) is 0. The van der Waals surface area contributed by atoms with E-state index in [1.807, 2.05) is 54.6 Å². The molecule has 5 nitrogen and oxygen atoms in total. The van der Waals surface area contributed by atoms with Gasteiger partial charge in [-0.15, -0.1) is 17.0 Å². The van der Waals surface area contributed by atoms with Gasteiger partial charge in [-0.3, -0.25) is 9.69 Å². The van der Waals surface area contributed by atoms with Crippen molar-refractivity contribution in [2.75, 3.05) is 13.7 Å². The zero-order valence-corrected chi connectivity index (χ0v) is 20.6. The van der Waals surface area contributed by atoms with Gasteiger partial charge in [0, 0.05) is 24.0 Å². The van der Waals surface area contributed by atoms with Gasteiger partial charge in [-0.2, -0.15) is 5.10 Å². The van der Waals surface area contributed by atoms with E-state index in [9.17, 15) is 4.79 Å². The van der Waals surface area contributed by atoms with Crippen LogP contribution in [0.1, 0.15) is 38.8 Å². The first-order valence-electron chi connectivity index (χ1n) is 10.5. The van der Waals surface area contributed by atoms with E-state index >= 15 is 0 Å². The number of ether oxygens (including phenoxy) is 1. The number of benzene rings is 2. The Hall–Kier alpha value is -2.44. The molecule has 6 heteroatoms. The summed E-state index contributed by atoms with van der Waals surface area (Å²) in [5.41, 5.74) is 2.08. The topological polar surface area (TPSA) is 47.4 Å². The Kier molecular flexibility index (Phi) is 9.01. The van der Waals surface area contributed by atoms with Crippen molar-refractivity contribution in [2.24, 2.45) is 0 Å².